The number of carbonyl (C=O) groups excluding carboxylic acids is 2. The normalized spacial score (nSPS) is 11.3. The summed E-state index contributed by atoms with van der Waals surface area (Å²) in [5.41, 5.74) is 5.16. The minimum Gasteiger partial charge on any atom is -0.480 e. The summed E-state index contributed by atoms with van der Waals surface area (Å²) in [7, 11) is -4.28. The lowest BCUT2D eigenvalue weighted by Crippen LogP contribution is -2.34. The highest BCUT2D eigenvalue weighted by Crippen LogP contribution is 1.96. The van der Waals surface area contributed by atoms with Crippen LogP contribution in [0.25, 0.3) is 0 Å². The fourth-order valence-corrected chi connectivity index (χ4v) is 0.629. The van der Waals surface area contributed by atoms with Crippen LogP contribution in [-0.2, 0) is 24.6 Å². The molecular formula is C7H11N3O6S. The highest BCUT2D eigenvalue weighted by Gasteiger charge is 2.14. The molecule has 0 bridgehead atoms. The van der Waals surface area contributed by atoms with E-state index in [9.17, 15) is 22.8 Å². The van der Waals surface area contributed by atoms with Gasteiger partial charge in [-0.25, -0.2) is 9.59 Å². The van der Waals surface area contributed by atoms with Crippen molar-refractivity contribution in [3.63, 3.8) is 0 Å². The lowest BCUT2D eigenvalue weighted by atomic mass is 10.1. The first-order chi connectivity index (χ1) is 7.67. The maximum Gasteiger partial charge on any atom is 0.383 e. The van der Waals surface area contributed by atoms with Gasteiger partial charge < -0.3 is 10.8 Å². The molecule has 0 aliphatic rings. The molecule has 0 radical (unpaired) electrons. The van der Waals surface area contributed by atoms with Crippen LogP contribution >= 0.6 is 0 Å². The maximum absolute atomic E-state index is 10.0. The number of rotatable bonds is 4. The van der Waals surface area contributed by atoms with Gasteiger partial charge in [-0.05, 0) is 5.92 Å². The van der Waals surface area contributed by atoms with Gasteiger partial charge in [0, 0.05) is 0 Å². The summed E-state index contributed by atoms with van der Waals surface area (Å²) in [5.74, 6) is -0.910. The first-order valence-electron chi connectivity index (χ1n) is 4.09. The van der Waals surface area contributed by atoms with Crippen LogP contribution in [0.1, 0.15) is 13.8 Å². The largest absolute Gasteiger partial charge is 0.480 e. The van der Waals surface area contributed by atoms with Crippen LogP contribution < -0.4 is 5.73 Å². The van der Waals surface area contributed by atoms with E-state index in [4.69, 9.17) is 10.8 Å². The van der Waals surface area contributed by atoms with Crippen molar-refractivity contribution < 1.29 is 27.9 Å². The van der Waals surface area contributed by atoms with E-state index in [0.29, 0.717) is 12.2 Å². The average molecular weight is 265 g/mol. The SMILES string of the molecule is CC(C)[C@H](N)C(=O)O.O=C=NS(=O)(=O)N=C=O. The Labute approximate surface area is 97.2 Å². The van der Waals surface area contributed by atoms with Gasteiger partial charge in [0.05, 0.1) is 0 Å². The van der Waals surface area contributed by atoms with Crippen LogP contribution in [0.15, 0.2) is 8.80 Å². The van der Waals surface area contributed by atoms with Crippen molar-refractivity contribution in [2.45, 2.75) is 19.9 Å². The quantitative estimate of drug-likeness (QED) is 0.485. The predicted octanol–water partition coefficient (Wildman–Crippen LogP) is -1.04. The Balaban J connectivity index is 0. The van der Waals surface area contributed by atoms with Crippen LogP contribution in [0, 0.1) is 5.92 Å². The molecule has 1 atom stereocenters. The van der Waals surface area contributed by atoms with Gasteiger partial charge >= 0.3 is 16.2 Å². The van der Waals surface area contributed by atoms with E-state index in [0.717, 1.165) is 0 Å². The van der Waals surface area contributed by atoms with Crippen molar-refractivity contribution in [3.05, 3.63) is 0 Å². The predicted molar refractivity (Wildman–Crippen MR) is 55.6 cm³/mol. The molecule has 0 aromatic carbocycles. The molecule has 0 spiro atoms. The average Bonchev–Trinajstić information content (AvgIpc) is 2.16. The van der Waals surface area contributed by atoms with Gasteiger partial charge in [-0.15, -0.1) is 0 Å². The highest BCUT2D eigenvalue weighted by molar-refractivity contribution is 7.89. The molecule has 0 fully saturated rings. The summed E-state index contributed by atoms with van der Waals surface area (Å²) in [6.07, 6.45) is 1.41. The van der Waals surface area contributed by atoms with Gasteiger partial charge in [-0.2, -0.15) is 8.42 Å². The molecule has 10 heteroatoms. The summed E-state index contributed by atoms with van der Waals surface area (Å²) < 4.78 is 24.3. The molecule has 0 saturated heterocycles. The van der Waals surface area contributed by atoms with Crippen molar-refractivity contribution in [3.8, 4) is 0 Å². The van der Waals surface area contributed by atoms with Gasteiger partial charge in [-0.3, -0.25) is 4.79 Å². The second-order valence-electron chi connectivity index (χ2n) is 2.92. The zero-order valence-electron chi connectivity index (χ0n) is 9.02. The summed E-state index contributed by atoms with van der Waals surface area (Å²) in [5, 5.41) is 8.23. The maximum atomic E-state index is 10.0. The van der Waals surface area contributed by atoms with Crippen molar-refractivity contribution in [2.24, 2.45) is 20.4 Å². The smallest absolute Gasteiger partial charge is 0.383 e. The molecule has 9 nitrogen and oxygen atoms in total. The van der Waals surface area contributed by atoms with Crippen LogP contribution in [0.5, 0.6) is 0 Å². The van der Waals surface area contributed by atoms with Gasteiger partial charge in [-0.1, -0.05) is 22.6 Å². The third kappa shape index (κ3) is 10.4. The summed E-state index contributed by atoms with van der Waals surface area (Å²) in [6.45, 7) is 3.55. The van der Waals surface area contributed by atoms with Crippen LogP contribution in [0.2, 0.25) is 0 Å². The van der Waals surface area contributed by atoms with Crippen LogP contribution in [0.3, 0.4) is 0 Å². The van der Waals surface area contributed by atoms with Crippen molar-refractivity contribution in [2.75, 3.05) is 0 Å². The Kier molecular flexibility index (Phi) is 8.57. The first kappa shape index (κ1) is 17.5. The van der Waals surface area contributed by atoms with Gasteiger partial charge in [0.25, 0.3) is 12.2 Å². The molecule has 0 aromatic heterocycles. The van der Waals surface area contributed by atoms with E-state index >= 15 is 0 Å². The molecule has 3 N–H and O–H groups in total. The summed E-state index contributed by atoms with van der Waals surface area (Å²) in [6, 6.07) is -0.713. The number of hydrogen-bond acceptors (Lipinski definition) is 6. The minimum absolute atomic E-state index is 0.0208. The Morgan fingerprint density at radius 3 is 1.71 bits per heavy atom. The number of carbonyl (C=O) groups is 1. The second kappa shape index (κ2) is 8.31. The molecule has 0 heterocycles. The lowest BCUT2D eigenvalue weighted by molar-refractivity contribution is -0.139. The van der Waals surface area contributed by atoms with Gasteiger partial charge in [0.2, 0.25) is 0 Å². The van der Waals surface area contributed by atoms with E-state index in [2.05, 4.69) is 8.80 Å². The topological polar surface area (TPSA) is 156 Å². The van der Waals surface area contributed by atoms with E-state index in [1.165, 1.54) is 0 Å². The highest BCUT2D eigenvalue weighted by atomic mass is 32.2. The zero-order chi connectivity index (χ0) is 14.1. The lowest BCUT2D eigenvalue weighted by Gasteiger charge is -2.07. The molecule has 0 amide bonds. The number of hydrogen-bond donors (Lipinski definition) is 2. The molecule has 0 unspecified atom stereocenters. The molecular weight excluding hydrogens is 254 g/mol. The van der Waals surface area contributed by atoms with Gasteiger partial charge in [0.1, 0.15) is 6.04 Å². The fraction of sp³-hybridized carbons (Fsp3) is 0.571. The Bertz CT molecular complexity index is 420. The van der Waals surface area contributed by atoms with E-state index in [1.54, 1.807) is 13.8 Å². The number of isocyanates is 2. The third-order valence-corrected chi connectivity index (χ3v) is 1.92. The standard InChI is InChI=1S/C5H11NO2.C2N2O4S/c1-3(2)4(6)5(7)8;5-1-3-9(7,8)4-2-6/h3-4H,6H2,1-2H3,(H,7,8);/t4-;/m0./s1. The van der Waals surface area contributed by atoms with E-state index in [1.807, 2.05) is 0 Å². The molecule has 0 saturated carbocycles. The molecule has 0 aliphatic heterocycles. The van der Waals surface area contributed by atoms with Crippen molar-refractivity contribution in [1.29, 1.82) is 0 Å². The monoisotopic (exact) mass is 265 g/mol. The number of carboxylic acids is 1. The molecule has 0 aliphatic carbocycles. The van der Waals surface area contributed by atoms with Crippen LogP contribution in [0.4, 0.5) is 0 Å². The van der Waals surface area contributed by atoms with Crippen molar-refractivity contribution >= 4 is 28.3 Å². The molecule has 96 valence electrons. The Hall–Kier alpha value is -1.86. The summed E-state index contributed by atoms with van der Waals surface area (Å²) >= 11 is 0. The molecule has 0 rings (SSSR count). The van der Waals surface area contributed by atoms with Crippen molar-refractivity contribution in [1.82, 2.24) is 0 Å². The fourth-order valence-electron chi connectivity index (χ4n) is 0.400. The van der Waals surface area contributed by atoms with Gasteiger partial charge in [0.15, 0.2) is 0 Å². The molecule has 17 heavy (non-hydrogen) atoms. The first-order valence-corrected chi connectivity index (χ1v) is 5.49. The Morgan fingerprint density at radius 2 is 1.59 bits per heavy atom. The number of nitrogens with two attached hydrogens (primary N) is 1. The van der Waals surface area contributed by atoms with Crippen LogP contribution in [-0.4, -0.2) is 37.7 Å². The summed E-state index contributed by atoms with van der Waals surface area (Å²) in [4.78, 5) is 28.5. The second-order valence-corrected chi connectivity index (χ2v) is 4.18. The number of carboxylic acid groups (broad SMARTS) is 1. The number of aliphatic carboxylic acids is 1. The van der Waals surface area contributed by atoms with E-state index in [-0.39, 0.29) is 5.92 Å². The zero-order valence-corrected chi connectivity index (χ0v) is 9.84. The Morgan fingerprint density at radius 1 is 1.24 bits per heavy atom. The third-order valence-electron chi connectivity index (χ3n) is 1.31. The van der Waals surface area contributed by atoms with E-state index < -0.39 is 22.2 Å². The number of nitrogens with zero attached hydrogens (tertiary/aromatic N) is 2. The molecule has 0 aromatic rings. The minimum atomic E-state index is -4.28.